The van der Waals surface area contributed by atoms with Gasteiger partial charge in [0.2, 0.25) is 5.91 Å². The number of sulfone groups is 1. The van der Waals surface area contributed by atoms with Crippen LogP contribution in [-0.2, 0) is 24.7 Å². The van der Waals surface area contributed by atoms with Crippen LogP contribution < -0.4 is 15.4 Å². The standard InChI is InChI=1S/C16H15N3O6S2/c1-25-14-5-3-2-4-12(14)19-16(20)9-26(21,22)11-6-7-13-15(8-11)27(23,24)18-10-17-13/h2-8,10H,9H2,1H3,(H,17,18)(H,19,20). The Balaban J connectivity index is 1.84. The fourth-order valence-corrected chi connectivity index (χ4v) is 4.66. The van der Waals surface area contributed by atoms with Gasteiger partial charge in [0.25, 0.3) is 10.0 Å². The minimum atomic E-state index is -4.08. The van der Waals surface area contributed by atoms with Crippen LogP contribution in [0.3, 0.4) is 0 Å². The molecule has 0 saturated carbocycles. The van der Waals surface area contributed by atoms with Gasteiger partial charge in [-0.15, -0.1) is 4.40 Å². The molecule has 142 valence electrons. The molecule has 1 heterocycles. The van der Waals surface area contributed by atoms with Crippen molar-refractivity contribution in [3.63, 3.8) is 0 Å². The number of hydrogen-bond acceptors (Lipinski definition) is 7. The highest BCUT2D eigenvalue weighted by Gasteiger charge is 2.26. The van der Waals surface area contributed by atoms with E-state index in [0.717, 1.165) is 12.4 Å². The van der Waals surface area contributed by atoms with E-state index in [1.807, 2.05) is 0 Å². The van der Waals surface area contributed by atoms with Gasteiger partial charge in [0.1, 0.15) is 22.7 Å². The predicted octanol–water partition coefficient (Wildman–Crippen LogP) is 1.25. The SMILES string of the molecule is COc1ccccc1NC(=O)CS(=O)(=O)c1ccc2c(c1)S(=O)(=O)N=CN2. The number of amides is 1. The van der Waals surface area contributed by atoms with E-state index in [0.29, 0.717) is 11.4 Å². The van der Waals surface area contributed by atoms with E-state index in [4.69, 9.17) is 4.74 Å². The topological polar surface area (TPSA) is 131 Å². The zero-order valence-corrected chi connectivity index (χ0v) is 15.7. The lowest BCUT2D eigenvalue weighted by molar-refractivity contribution is -0.113. The zero-order valence-electron chi connectivity index (χ0n) is 14.0. The molecule has 11 heteroatoms. The van der Waals surface area contributed by atoms with Gasteiger partial charge < -0.3 is 15.4 Å². The number of carbonyl (C=O) groups excluding carboxylic acids is 1. The Morgan fingerprint density at radius 1 is 1.22 bits per heavy atom. The molecule has 1 amide bonds. The van der Waals surface area contributed by atoms with Gasteiger partial charge in [-0.1, -0.05) is 12.1 Å². The highest BCUT2D eigenvalue weighted by Crippen LogP contribution is 2.29. The van der Waals surface area contributed by atoms with Gasteiger partial charge in [-0.25, -0.2) is 8.42 Å². The molecule has 0 unspecified atom stereocenters. The third-order valence-electron chi connectivity index (χ3n) is 3.70. The van der Waals surface area contributed by atoms with Crippen molar-refractivity contribution in [1.82, 2.24) is 0 Å². The van der Waals surface area contributed by atoms with Gasteiger partial charge in [0, 0.05) is 0 Å². The van der Waals surface area contributed by atoms with E-state index in [9.17, 15) is 21.6 Å². The molecule has 0 bridgehead atoms. The summed E-state index contributed by atoms with van der Waals surface area (Å²) in [6.45, 7) is 0. The molecule has 2 aromatic carbocycles. The number of sulfonamides is 1. The van der Waals surface area contributed by atoms with Crippen LogP contribution in [0.2, 0.25) is 0 Å². The first kappa shape index (κ1) is 18.9. The number of nitrogens with one attached hydrogen (secondary N) is 2. The maximum Gasteiger partial charge on any atom is 0.285 e. The summed E-state index contributed by atoms with van der Waals surface area (Å²) in [6.07, 6.45) is 1.01. The number of hydrogen-bond donors (Lipinski definition) is 2. The van der Waals surface area contributed by atoms with E-state index in [1.54, 1.807) is 24.3 Å². The number of ether oxygens (including phenoxy) is 1. The first-order chi connectivity index (χ1) is 12.7. The second-order valence-electron chi connectivity index (χ2n) is 5.52. The van der Waals surface area contributed by atoms with E-state index in [-0.39, 0.29) is 15.5 Å². The molecule has 27 heavy (non-hydrogen) atoms. The predicted molar refractivity (Wildman–Crippen MR) is 99.4 cm³/mol. The van der Waals surface area contributed by atoms with Gasteiger partial charge in [-0.05, 0) is 30.3 Å². The van der Waals surface area contributed by atoms with Crippen molar-refractivity contribution in [1.29, 1.82) is 0 Å². The Kier molecular flexibility index (Phi) is 4.89. The van der Waals surface area contributed by atoms with Crippen LogP contribution in [-0.4, -0.2) is 41.9 Å². The van der Waals surface area contributed by atoms with Crippen molar-refractivity contribution in [2.45, 2.75) is 9.79 Å². The molecule has 0 saturated heterocycles. The third-order valence-corrected chi connectivity index (χ3v) is 6.59. The Morgan fingerprint density at radius 2 is 1.96 bits per heavy atom. The number of methoxy groups -OCH3 is 1. The molecule has 2 N–H and O–H groups in total. The first-order valence-electron chi connectivity index (χ1n) is 7.58. The zero-order chi connectivity index (χ0) is 19.7. The maximum atomic E-state index is 12.5. The van der Waals surface area contributed by atoms with Crippen LogP contribution >= 0.6 is 0 Å². The molecule has 0 aliphatic carbocycles. The van der Waals surface area contributed by atoms with Crippen LogP contribution in [0.5, 0.6) is 5.75 Å². The minimum absolute atomic E-state index is 0.211. The third kappa shape index (κ3) is 3.93. The van der Waals surface area contributed by atoms with Crippen molar-refractivity contribution >= 4 is 43.5 Å². The van der Waals surface area contributed by atoms with Gasteiger partial charge in [-0.2, -0.15) is 8.42 Å². The van der Waals surface area contributed by atoms with E-state index < -0.39 is 31.5 Å². The lowest BCUT2D eigenvalue weighted by Crippen LogP contribution is -2.23. The lowest BCUT2D eigenvalue weighted by atomic mass is 10.3. The van der Waals surface area contributed by atoms with Crippen LogP contribution in [0.4, 0.5) is 11.4 Å². The summed E-state index contributed by atoms with van der Waals surface area (Å²) < 4.78 is 57.4. The smallest absolute Gasteiger partial charge is 0.285 e. The molecule has 1 aliphatic heterocycles. The van der Waals surface area contributed by atoms with E-state index >= 15 is 0 Å². The molecule has 3 rings (SSSR count). The Labute approximate surface area is 156 Å². The number of anilines is 2. The quantitative estimate of drug-likeness (QED) is 0.760. The molecule has 1 aliphatic rings. The van der Waals surface area contributed by atoms with Crippen molar-refractivity contribution in [2.75, 3.05) is 23.5 Å². The monoisotopic (exact) mass is 409 g/mol. The fraction of sp³-hybridized carbons (Fsp3) is 0.125. The summed E-state index contributed by atoms with van der Waals surface area (Å²) in [6, 6.07) is 10.1. The molecule has 0 atom stereocenters. The molecular weight excluding hydrogens is 394 g/mol. The molecule has 2 aromatic rings. The fourth-order valence-electron chi connectivity index (χ4n) is 2.44. The van der Waals surface area contributed by atoms with Crippen molar-refractivity contribution in [3.8, 4) is 5.75 Å². The van der Waals surface area contributed by atoms with Gasteiger partial charge >= 0.3 is 0 Å². The Bertz CT molecular complexity index is 1140. The number of nitrogens with zero attached hydrogens (tertiary/aromatic N) is 1. The Morgan fingerprint density at radius 3 is 2.70 bits per heavy atom. The second-order valence-corrected chi connectivity index (χ2v) is 9.11. The summed E-state index contributed by atoms with van der Waals surface area (Å²) in [5, 5.41) is 5.09. The summed E-state index contributed by atoms with van der Waals surface area (Å²) in [7, 11) is -6.64. The summed E-state index contributed by atoms with van der Waals surface area (Å²) in [4.78, 5) is 11.6. The number of para-hydroxylation sites is 2. The minimum Gasteiger partial charge on any atom is -0.495 e. The average molecular weight is 409 g/mol. The highest BCUT2D eigenvalue weighted by atomic mass is 32.2. The largest absolute Gasteiger partial charge is 0.495 e. The summed E-state index contributed by atoms with van der Waals surface area (Å²) in [5.74, 6) is -1.26. The highest BCUT2D eigenvalue weighted by molar-refractivity contribution is 7.92. The van der Waals surface area contributed by atoms with Crippen molar-refractivity contribution in [3.05, 3.63) is 42.5 Å². The number of fused-ring (bicyclic) bond motifs is 1. The molecule has 0 fully saturated rings. The molecular formula is C16H15N3O6S2. The van der Waals surface area contributed by atoms with Gasteiger partial charge in [-0.3, -0.25) is 4.79 Å². The van der Waals surface area contributed by atoms with E-state index in [1.165, 1.54) is 19.2 Å². The lowest BCUT2D eigenvalue weighted by Gasteiger charge is -2.14. The van der Waals surface area contributed by atoms with Crippen LogP contribution in [0.15, 0.2) is 56.7 Å². The first-order valence-corrected chi connectivity index (χ1v) is 10.7. The normalized spacial score (nSPS) is 14.7. The number of carbonyl (C=O) groups is 1. The van der Waals surface area contributed by atoms with Gasteiger partial charge in [0.15, 0.2) is 9.84 Å². The van der Waals surface area contributed by atoms with Gasteiger partial charge in [0.05, 0.1) is 23.4 Å². The van der Waals surface area contributed by atoms with Crippen LogP contribution in [0, 0.1) is 0 Å². The maximum absolute atomic E-state index is 12.5. The number of rotatable bonds is 5. The summed E-state index contributed by atoms with van der Waals surface area (Å²) in [5.41, 5.74) is 0.536. The summed E-state index contributed by atoms with van der Waals surface area (Å²) >= 11 is 0. The van der Waals surface area contributed by atoms with Crippen molar-refractivity contribution in [2.24, 2.45) is 4.40 Å². The van der Waals surface area contributed by atoms with Crippen LogP contribution in [0.25, 0.3) is 0 Å². The van der Waals surface area contributed by atoms with Crippen LogP contribution in [0.1, 0.15) is 0 Å². The average Bonchev–Trinajstić information content (AvgIpc) is 2.61. The molecule has 0 radical (unpaired) electrons. The second kappa shape index (κ2) is 7.00. The van der Waals surface area contributed by atoms with Crippen molar-refractivity contribution < 1.29 is 26.4 Å². The number of benzene rings is 2. The molecule has 0 aromatic heterocycles. The molecule has 0 spiro atoms. The Hall–Kier alpha value is -2.92. The molecule has 9 nitrogen and oxygen atoms in total. The van der Waals surface area contributed by atoms with E-state index in [2.05, 4.69) is 15.0 Å².